The molecule has 3 rings (SSSR count). The summed E-state index contributed by atoms with van der Waals surface area (Å²) in [6, 6.07) is 16.9. The van der Waals surface area contributed by atoms with Crippen LogP contribution < -0.4 is 10.2 Å². The number of carbonyl (C=O) groups excluding carboxylic acids is 2. The third kappa shape index (κ3) is 3.99. The highest BCUT2D eigenvalue weighted by Crippen LogP contribution is 2.24. The number of rotatable bonds is 5. The fourth-order valence-corrected chi connectivity index (χ4v) is 2.78. The third-order valence-electron chi connectivity index (χ3n) is 4.27. The van der Waals surface area contributed by atoms with Gasteiger partial charge < -0.3 is 10.1 Å². The van der Waals surface area contributed by atoms with Gasteiger partial charge in [0.05, 0.1) is 13.1 Å². The van der Waals surface area contributed by atoms with Gasteiger partial charge in [-0.25, -0.2) is 4.79 Å². The highest BCUT2D eigenvalue weighted by Gasteiger charge is 2.32. The van der Waals surface area contributed by atoms with E-state index in [9.17, 15) is 9.59 Å². The SMILES string of the molecule is CC(C)c1ccc(N2CC(CNC(=O)c3ccccc3)OC2=O)cc1. The highest BCUT2D eigenvalue weighted by atomic mass is 16.6. The van der Waals surface area contributed by atoms with E-state index in [-0.39, 0.29) is 18.1 Å². The quantitative estimate of drug-likeness (QED) is 0.907. The van der Waals surface area contributed by atoms with Crippen LogP contribution in [0, 0.1) is 0 Å². The molecule has 25 heavy (non-hydrogen) atoms. The zero-order valence-corrected chi connectivity index (χ0v) is 14.4. The van der Waals surface area contributed by atoms with Crippen LogP contribution in [0.3, 0.4) is 0 Å². The van der Waals surface area contributed by atoms with Crippen LogP contribution in [0.2, 0.25) is 0 Å². The first kappa shape index (κ1) is 17.0. The maximum absolute atomic E-state index is 12.1. The fourth-order valence-electron chi connectivity index (χ4n) is 2.78. The Hall–Kier alpha value is -2.82. The van der Waals surface area contributed by atoms with Gasteiger partial charge in [-0.15, -0.1) is 0 Å². The van der Waals surface area contributed by atoms with Crippen molar-refractivity contribution in [3.05, 3.63) is 65.7 Å². The predicted octanol–water partition coefficient (Wildman–Crippen LogP) is 3.57. The maximum Gasteiger partial charge on any atom is 0.414 e. The van der Waals surface area contributed by atoms with E-state index >= 15 is 0 Å². The van der Waals surface area contributed by atoms with Crippen molar-refractivity contribution in [2.45, 2.75) is 25.9 Å². The molecule has 130 valence electrons. The Morgan fingerprint density at radius 3 is 2.48 bits per heavy atom. The lowest BCUT2D eigenvalue weighted by atomic mass is 10.0. The molecule has 0 spiro atoms. The first-order valence-corrected chi connectivity index (χ1v) is 8.46. The van der Waals surface area contributed by atoms with Crippen molar-refractivity contribution in [2.24, 2.45) is 0 Å². The van der Waals surface area contributed by atoms with Gasteiger partial charge in [0.2, 0.25) is 0 Å². The summed E-state index contributed by atoms with van der Waals surface area (Å²) in [7, 11) is 0. The molecule has 2 aromatic carbocycles. The van der Waals surface area contributed by atoms with E-state index in [0.29, 0.717) is 24.6 Å². The summed E-state index contributed by atoms with van der Waals surface area (Å²) >= 11 is 0. The van der Waals surface area contributed by atoms with Crippen LogP contribution in [-0.2, 0) is 4.74 Å². The smallest absolute Gasteiger partial charge is 0.414 e. The summed E-state index contributed by atoms with van der Waals surface area (Å²) in [5, 5.41) is 2.81. The lowest BCUT2D eigenvalue weighted by molar-refractivity contribution is 0.0916. The summed E-state index contributed by atoms with van der Waals surface area (Å²) in [6.45, 7) is 4.98. The number of nitrogens with zero attached hydrogens (tertiary/aromatic N) is 1. The Bertz CT molecular complexity index is 741. The minimum atomic E-state index is -0.378. The van der Waals surface area contributed by atoms with Crippen molar-refractivity contribution < 1.29 is 14.3 Å². The number of nitrogens with one attached hydrogen (secondary N) is 1. The lowest BCUT2D eigenvalue weighted by Crippen LogP contribution is -2.34. The summed E-state index contributed by atoms with van der Waals surface area (Å²) < 4.78 is 5.36. The number of cyclic esters (lactones) is 1. The Morgan fingerprint density at radius 1 is 1.16 bits per heavy atom. The van der Waals surface area contributed by atoms with Crippen LogP contribution in [0.25, 0.3) is 0 Å². The molecule has 1 aliphatic rings. The first-order chi connectivity index (χ1) is 12.0. The second-order valence-corrected chi connectivity index (χ2v) is 6.44. The fraction of sp³-hybridized carbons (Fsp3) is 0.300. The Labute approximate surface area is 147 Å². The van der Waals surface area contributed by atoms with Crippen molar-refractivity contribution in [1.29, 1.82) is 0 Å². The number of amides is 2. The number of hydrogen-bond acceptors (Lipinski definition) is 3. The van der Waals surface area contributed by atoms with E-state index in [1.165, 1.54) is 5.56 Å². The van der Waals surface area contributed by atoms with Crippen molar-refractivity contribution in [3.8, 4) is 0 Å². The maximum atomic E-state index is 12.1. The van der Waals surface area contributed by atoms with Crippen LogP contribution in [0.5, 0.6) is 0 Å². The second-order valence-electron chi connectivity index (χ2n) is 6.44. The number of hydrogen-bond donors (Lipinski definition) is 1. The molecule has 0 bridgehead atoms. The minimum absolute atomic E-state index is 0.170. The van der Waals surface area contributed by atoms with E-state index in [2.05, 4.69) is 19.2 Å². The summed E-state index contributed by atoms with van der Waals surface area (Å²) in [4.78, 5) is 25.8. The Kier molecular flexibility index (Phi) is 5.03. The van der Waals surface area contributed by atoms with Gasteiger partial charge in [-0.2, -0.15) is 0 Å². The Balaban J connectivity index is 1.58. The molecule has 1 heterocycles. The molecule has 1 aliphatic heterocycles. The predicted molar refractivity (Wildman–Crippen MR) is 96.9 cm³/mol. The monoisotopic (exact) mass is 338 g/mol. The first-order valence-electron chi connectivity index (χ1n) is 8.46. The van der Waals surface area contributed by atoms with Gasteiger partial charge in [0, 0.05) is 11.3 Å². The second kappa shape index (κ2) is 7.38. The zero-order valence-electron chi connectivity index (χ0n) is 14.4. The topological polar surface area (TPSA) is 58.6 Å². The van der Waals surface area contributed by atoms with Crippen molar-refractivity contribution in [3.63, 3.8) is 0 Å². The molecule has 1 N–H and O–H groups in total. The van der Waals surface area contributed by atoms with Crippen LogP contribution in [-0.4, -0.2) is 31.2 Å². The van der Waals surface area contributed by atoms with Crippen molar-refractivity contribution in [2.75, 3.05) is 18.0 Å². The zero-order chi connectivity index (χ0) is 17.8. The van der Waals surface area contributed by atoms with E-state index in [1.54, 1.807) is 17.0 Å². The van der Waals surface area contributed by atoms with Crippen molar-refractivity contribution in [1.82, 2.24) is 5.32 Å². The number of ether oxygens (including phenoxy) is 1. The molecule has 0 aliphatic carbocycles. The van der Waals surface area contributed by atoms with Gasteiger partial charge in [0.25, 0.3) is 5.91 Å². The van der Waals surface area contributed by atoms with E-state index in [0.717, 1.165) is 5.69 Å². The summed E-state index contributed by atoms with van der Waals surface area (Å²) in [5.74, 6) is 0.275. The van der Waals surface area contributed by atoms with Gasteiger partial charge in [-0.05, 0) is 35.7 Å². The molecular weight excluding hydrogens is 316 g/mol. The van der Waals surface area contributed by atoms with Crippen LogP contribution in [0.15, 0.2) is 54.6 Å². The molecule has 2 aromatic rings. The molecule has 0 radical (unpaired) electrons. The van der Waals surface area contributed by atoms with Crippen LogP contribution >= 0.6 is 0 Å². The molecule has 1 unspecified atom stereocenters. The van der Waals surface area contributed by atoms with E-state index in [1.807, 2.05) is 42.5 Å². The van der Waals surface area contributed by atoms with Gasteiger partial charge in [-0.1, -0.05) is 44.2 Å². The molecule has 2 amide bonds. The number of benzene rings is 2. The lowest BCUT2D eigenvalue weighted by Gasteiger charge is -2.14. The molecule has 1 saturated heterocycles. The van der Waals surface area contributed by atoms with Gasteiger partial charge in [0.1, 0.15) is 6.10 Å². The third-order valence-corrected chi connectivity index (χ3v) is 4.27. The van der Waals surface area contributed by atoms with Crippen LogP contribution in [0.1, 0.15) is 35.7 Å². The van der Waals surface area contributed by atoms with Gasteiger partial charge >= 0.3 is 6.09 Å². The summed E-state index contributed by atoms with van der Waals surface area (Å²) in [5.41, 5.74) is 2.63. The molecule has 1 fully saturated rings. The molecule has 0 saturated carbocycles. The Morgan fingerprint density at radius 2 is 1.84 bits per heavy atom. The van der Waals surface area contributed by atoms with E-state index in [4.69, 9.17) is 4.74 Å². The normalized spacial score (nSPS) is 16.8. The number of carbonyl (C=O) groups is 2. The minimum Gasteiger partial charge on any atom is -0.442 e. The highest BCUT2D eigenvalue weighted by molar-refractivity contribution is 5.94. The largest absolute Gasteiger partial charge is 0.442 e. The standard InChI is InChI=1S/C20H22N2O3/c1-14(2)15-8-10-17(11-9-15)22-13-18(25-20(22)24)12-21-19(23)16-6-4-3-5-7-16/h3-11,14,18H,12-13H2,1-2H3,(H,21,23). The summed E-state index contributed by atoms with van der Waals surface area (Å²) in [6.07, 6.45) is -0.735. The molecule has 0 aromatic heterocycles. The number of anilines is 1. The molecule has 5 nitrogen and oxygen atoms in total. The molecular formula is C20H22N2O3. The van der Waals surface area contributed by atoms with Gasteiger partial charge in [-0.3, -0.25) is 9.69 Å². The molecule has 5 heteroatoms. The van der Waals surface area contributed by atoms with E-state index < -0.39 is 0 Å². The molecule has 1 atom stereocenters. The van der Waals surface area contributed by atoms with Crippen LogP contribution in [0.4, 0.5) is 10.5 Å². The van der Waals surface area contributed by atoms with Gasteiger partial charge in [0.15, 0.2) is 0 Å². The average molecular weight is 338 g/mol. The van der Waals surface area contributed by atoms with Crippen molar-refractivity contribution >= 4 is 17.7 Å². The average Bonchev–Trinajstić information content (AvgIpc) is 3.01.